The molecule has 4 aromatic rings. The van der Waals surface area contributed by atoms with Crippen LogP contribution in [-0.2, 0) is 17.8 Å². The minimum atomic E-state index is -0.468. The van der Waals surface area contributed by atoms with E-state index in [0.29, 0.717) is 30.8 Å². The highest BCUT2D eigenvalue weighted by atomic mass is 19.1. The Morgan fingerprint density at radius 3 is 2.17 bits per heavy atom. The van der Waals surface area contributed by atoms with Gasteiger partial charge in [-0.25, -0.2) is 4.39 Å². The second kappa shape index (κ2) is 12.5. The van der Waals surface area contributed by atoms with Gasteiger partial charge in [0.2, 0.25) is 11.8 Å². The Balaban J connectivity index is 1.09. The van der Waals surface area contributed by atoms with Crippen molar-refractivity contribution in [3.63, 3.8) is 0 Å². The van der Waals surface area contributed by atoms with Gasteiger partial charge < -0.3 is 20.1 Å². The van der Waals surface area contributed by atoms with Gasteiger partial charge in [0.05, 0.1) is 6.42 Å². The minimum Gasteiger partial charge on any atom is -0.490 e. The average molecular weight is 539 g/mol. The number of piperidine rings is 1. The highest BCUT2D eigenvalue weighted by molar-refractivity contribution is 5.94. The van der Waals surface area contributed by atoms with Crippen molar-refractivity contribution in [3.05, 3.63) is 120 Å². The molecule has 1 heterocycles. The molecule has 1 aliphatic rings. The zero-order chi connectivity index (χ0) is 27.9. The van der Waals surface area contributed by atoms with Crippen molar-refractivity contribution in [2.45, 2.75) is 32.0 Å². The fourth-order valence-corrected chi connectivity index (χ4v) is 4.82. The molecule has 1 fully saturated rings. The molecule has 4 aromatic carbocycles. The molecule has 1 saturated heterocycles. The molecule has 0 aliphatic carbocycles. The first kappa shape index (κ1) is 26.9. The maximum Gasteiger partial charge on any atom is 0.248 e. The number of nitrogens with zero attached hydrogens (tertiary/aromatic N) is 1. The Morgan fingerprint density at radius 1 is 0.800 bits per heavy atom. The first-order valence-electron chi connectivity index (χ1n) is 13.3. The molecular formula is C33H31FN2O4. The lowest BCUT2D eigenvalue weighted by Gasteiger charge is -2.32. The van der Waals surface area contributed by atoms with Crippen molar-refractivity contribution in [3.8, 4) is 22.6 Å². The van der Waals surface area contributed by atoms with Crippen LogP contribution in [0.5, 0.6) is 11.5 Å². The lowest BCUT2D eigenvalue weighted by molar-refractivity contribution is -0.132. The highest BCUT2D eigenvalue weighted by Gasteiger charge is 2.24. The van der Waals surface area contributed by atoms with Crippen LogP contribution in [0.4, 0.5) is 4.39 Å². The normalized spacial score (nSPS) is 13.6. The van der Waals surface area contributed by atoms with Gasteiger partial charge in [-0.05, 0) is 70.8 Å². The largest absolute Gasteiger partial charge is 0.490 e. The van der Waals surface area contributed by atoms with Gasteiger partial charge in [-0.3, -0.25) is 9.59 Å². The van der Waals surface area contributed by atoms with Gasteiger partial charge in [0, 0.05) is 31.5 Å². The molecule has 204 valence electrons. The molecule has 2 amide bonds. The number of carbonyl (C=O) groups is 2. The summed E-state index contributed by atoms with van der Waals surface area (Å²) in [5.74, 6) is 0.767. The fourth-order valence-electron chi connectivity index (χ4n) is 4.82. The van der Waals surface area contributed by atoms with Crippen molar-refractivity contribution < 1.29 is 23.5 Å². The topological polar surface area (TPSA) is 81.9 Å². The van der Waals surface area contributed by atoms with E-state index in [-0.39, 0.29) is 24.4 Å². The number of likely N-dealkylation sites (tertiary alicyclic amines) is 1. The SMILES string of the molecule is NC(=O)c1cccc(-c2cccc(CC(=O)N3CCC(Oc4ccc(OCc5cccc(F)c5)cc4)CC3)c2)c1. The molecule has 2 N–H and O–H groups in total. The van der Waals surface area contributed by atoms with Crippen molar-refractivity contribution >= 4 is 11.8 Å². The number of ether oxygens (including phenoxy) is 2. The summed E-state index contributed by atoms with van der Waals surface area (Å²) < 4.78 is 25.2. The van der Waals surface area contributed by atoms with E-state index < -0.39 is 5.91 Å². The minimum absolute atomic E-state index is 0.0315. The smallest absolute Gasteiger partial charge is 0.248 e. The summed E-state index contributed by atoms with van der Waals surface area (Å²) in [7, 11) is 0. The monoisotopic (exact) mass is 538 g/mol. The number of primary amides is 1. The zero-order valence-electron chi connectivity index (χ0n) is 22.1. The number of halogens is 1. The Morgan fingerprint density at radius 2 is 1.45 bits per heavy atom. The van der Waals surface area contributed by atoms with E-state index in [4.69, 9.17) is 15.2 Å². The molecule has 1 aliphatic heterocycles. The molecule has 5 rings (SSSR count). The van der Waals surface area contributed by atoms with E-state index in [1.54, 1.807) is 24.3 Å². The molecule has 0 radical (unpaired) electrons. The third-order valence-electron chi connectivity index (χ3n) is 6.98. The Kier molecular flexibility index (Phi) is 8.40. The first-order valence-corrected chi connectivity index (χ1v) is 13.3. The van der Waals surface area contributed by atoms with Crippen LogP contribution in [0.1, 0.15) is 34.3 Å². The van der Waals surface area contributed by atoms with Gasteiger partial charge >= 0.3 is 0 Å². The summed E-state index contributed by atoms with van der Waals surface area (Å²) in [6.07, 6.45) is 1.85. The van der Waals surface area contributed by atoms with Crippen LogP contribution in [-0.4, -0.2) is 35.9 Å². The predicted octanol–water partition coefficient (Wildman–Crippen LogP) is 5.78. The molecule has 0 aromatic heterocycles. The second-order valence-corrected chi connectivity index (χ2v) is 9.91. The lowest BCUT2D eigenvalue weighted by Crippen LogP contribution is -2.42. The lowest BCUT2D eigenvalue weighted by atomic mass is 9.99. The number of amides is 2. The van der Waals surface area contributed by atoms with Gasteiger partial charge in [-0.15, -0.1) is 0 Å². The van der Waals surface area contributed by atoms with Gasteiger partial charge in [0.1, 0.15) is 30.0 Å². The second-order valence-electron chi connectivity index (χ2n) is 9.91. The number of benzene rings is 4. The molecule has 6 nitrogen and oxygen atoms in total. The van der Waals surface area contributed by atoms with E-state index in [1.165, 1.54) is 12.1 Å². The van der Waals surface area contributed by atoms with Crippen molar-refractivity contribution in [1.29, 1.82) is 0 Å². The third-order valence-corrected chi connectivity index (χ3v) is 6.98. The highest BCUT2D eigenvalue weighted by Crippen LogP contribution is 2.25. The molecule has 0 unspecified atom stereocenters. The summed E-state index contributed by atoms with van der Waals surface area (Å²) in [5, 5.41) is 0. The maximum absolute atomic E-state index is 13.3. The van der Waals surface area contributed by atoms with E-state index in [2.05, 4.69) is 0 Å². The van der Waals surface area contributed by atoms with Crippen molar-refractivity contribution in [1.82, 2.24) is 4.90 Å². The van der Waals surface area contributed by atoms with Crippen molar-refractivity contribution in [2.75, 3.05) is 13.1 Å². The van der Waals surface area contributed by atoms with Crippen molar-refractivity contribution in [2.24, 2.45) is 5.73 Å². The van der Waals surface area contributed by atoms with Crippen LogP contribution in [0.25, 0.3) is 11.1 Å². The summed E-state index contributed by atoms with van der Waals surface area (Å²) in [5.41, 5.74) is 9.38. The quantitative estimate of drug-likeness (QED) is 0.293. The first-order chi connectivity index (χ1) is 19.4. The molecule has 0 saturated carbocycles. The standard InChI is InChI=1S/C33H31FN2O4/c34-28-9-2-5-24(19-28)22-39-29-10-12-30(13-11-29)40-31-14-16-36(17-15-31)32(37)20-23-4-1-6-25(18-23)26-7-3-8-27(21-26)33(35)38/h1-13,18-19,21,31H,14-17,20,22H2,(H2,35,38). The van der Waals surface area contributed by atoms with Gasteiger partial charge in [0.25, 0.3) is 0 Å². The molecular weight excluding hydrogens is 507 g/mol. The van der Waals surface area contributed by atoms with Crippen LogP contribution >= 0.6 is 0 Å². The maximum atomic E-state index is 13.3. The van der Waals surface area contributed by atoms with Crippen LogP contribution in [0.15, 0.2) is 97.1 Å². The van der Waals surface area contributed by atoms with E-state index in [9.17, 15) is 14.0 Å². The molecule has 0 atom stereocenters. The number of rotatable bonds is 9. The van der Waals surface area contributed by atoms with Crippen LogP contribution in [0, 0.1) is 5.82 Å². The van der Waals surface area contributed by atoms with E-state index in [0.717, 1.165) is 40.8 Å². The number of carbonyl (C=O) groups excluding carboxylic acids is 2. The van der Waals surface area contributed by atoms with Crippen LogP contribution < -0.4 is 15.2 Å². The molecule has 40 heavy (non-hydrogen) atoms. The number of nitrogens with two attached hydrogens (primary N) is 1. The molecule has 7 heteroatoms. The third kappa shape index (κ3) is 7.05. The summed E-state index contributed by atoms with van der Waals surface area (Å²) in [4.78, 5) is 26.5. The number of hydrogen-bond donors (Lipinski definition) is 1. The van der Waals surface area contributed by atoms with Gasteiger partial charge in [-0.1, -0.05) is 48.5 Å². The zero-order valence-corrected chi connectivity index (χ0v) is 22.1. The number of hydrogen-bond acceptors (Lipinski definition) is 4. The van der Waals surface area contributed by atoms with E-state index >= 15 is 0 Å². The summed E-state index contributed by atoms with van der Waals surface area (Å²) in [6.45, 7) is 1.56. The van der Waals surface area contributed by atoms with Gasteiger partial charge in [0.15, 0.2) is 0 Å². The van der Waals surface area contributed by atoms with Crippen LogP contribution in [0.2, 0.25) is 0 Å². The summed E-state index contributed by atoms with van der Waals surface area (Å²) >= 11 is 0. The Bertz CT molecular complexity index is 1480. The molecule has 0 spiro atoms. The Labute approximate surface area is 233 Å². The Hall–Kier alpha value is -4.65. The predicted molar refractivity (Wildman–Crippen MR) is 152 cm³/mol. The fraction of sp³-hybridized carbons (Fsp3) is 0.212. The van der Waals surface area contributed by atoms with Gasteiger partial charge in [-0.2, -0.15) is 0 Å². The average Bonchev–Trinajstić information content (AvgIpc) is 2.97. The summed E-state index contributed by atoms with van der Waals surface area (Å²) in [6, 6.07) is 28.7. The van der Waals surface area contributed by atoms with Crippen LogP contribution in [0.3, 0.4) is 0 Å². The molecule has 0 bridgehead atoms. The van der Waals surface area contributed by atoms with E-state index in [1.807, 2.05) is 65.6 Å².